The molecule has 22 heavy (non-hydrogen) atoms. The molecule has 1 aliphatic rings. The highest BCUT2D eigenvalue weighted by Gasteiger charge is 2.22. The van der Waals surface area contributed by atoms with E-state index in [1.54, 1.807) is 0 Å². The van der Waals surface area contributed by atoms with Crippen molar-refractivity contribution in [1.82, 2.24) is 19.3 Å². The normalized spacial score (nSPS) is 12.4. The van der Waals surface area contributed by atoms with Gasteiger partial charge in [-0.1, -0.05) is 38.0 Å². The third-order valence-corrected chi connectivity index (χ3v) is 4.37. The van der Waals surface area contributed by atoms with Gasteiger partial charge in [0.15, 0.2) is 5.82 Å². The first-order valence-corrected chi connectivity index (χ1v) is 8.06. The monoisotopic (exact) mass is 292 g/mol. The largest absolute Gasteiger partial charge is 0.340 e. The molecule has 1 aromatic carbocycles. The molecule has 0 saturated heterocycles. The Labute approximate surface area is 130 Å². The maximum absolute atomic E-state index is 4.50. The Morgan fingerprint density at radius 2 is 1.95 bits per heavy atom. The molecule has 1 aliphatic heterocycles. The molecule has 0 fully saturated rings. The third kappa shape index (κ3) is 2.06. The van der Waals surface area contributed by atoms with Gasteiger partial charge in [0.2, 0.25) is 0 Å². The van der Waals surface area contributed by atoms with E-state index in [1.807, 2.05) is 0 Å². The number of aromatic nitrogens is 4. The lowest BCUT2D eigenvalue weighted by atomic mass is 10.1. The van der Waals surface area contributed by atoms with Gasteiger partial charge in [0.05, 0.1) is 11.4 Å². The molecule has 0 spiro atoms. The van der Waals surface area contributed by atoms with Crippen molar-refractivity contribution in [2.24, 2.45) is 0 Å². The first kappa shape index (κ1) is 13.3. The second-order valence-electron chi connectivity index (χ2n) is 5.88. The highest BCUT2D eigenvalue weighted by molar-refractivity contribution is 5.59. The second-order valence-corrected chi connectivity index (χ2v) is 5.88. The minimum Gasteiger partial charge on any atom is -0.340 e. The van der Waals surface area contributed by atoms with Gasteiger partial charge in [0.1, 0.15) is 5.82 Å². The molecule has 0 atom stereocenters. The Hall–Kier alpha value is -2.36. The Morgan fingerprint density at radius 1 is 1.05 bits per heavy atom. The molecule has 0 N–H and O–H groups in total. The maximum atomic E-state index is 4.50. The van der Waals surface area contributed by atoms with Crippen molar-refractivity contribution in [1.29, 1.82) is 0 Å². The molecule has 4 nitrogen and oxygen atoms in total. The number of para-hydroxylation sites is 1. The van der Waals surface area contributed by atoms with Crippen molar-refractivity contribution in [3.05, 3.63) is 54.0 Å². The summed E-state index contributed by atoms with van der Waals surface area (Å²) >= 11 is 0. The fourth-order valence-electron chi connectivity index (χ4n) is 3.23. The van der Waals surface area contributed by atoms with Gasteiger partial charge in [-0.05, 0) is 30.2 Å². The molecule has 4 rings (SSSR count). The highest BCUT2D eigenvalue weighted by atomic mass is 15.3. The summed E-state index contributed by atoms with van der Waals surface area (Å²) in [5.41, 5.74) is 3.68. The zero-order chi connectivity index (χ0) is 14.9. The SMILES string of the molecule is CCCCCc1nnc2n1-c1ccccc1Cn1cccc1-2. The Kier molecular flexibility index (Phi) is 3.29. The average Bonchev–Trinajstić information content (AvgIpc) is 3.12. The molecular formula is C18H20N4. The maximum Gasteiger partial charge on any atom is 0.185 e. The van der Waals surface area contributed by atoms with Crippen molar-refractivity contribution in [3.63, 3.8) is 0 Å². The summed E-state index contributed by atoms with van der Waals surface area (Å²) in [5.74, 6) is 2.03. The minimum atomic E-state index is 0.885. The van der Waals surface area contributed by atoms with Crippen molar-refractivity contribution in [3.8, 4) is 17.2 Å². The predicted octanol–water partition coefficient (Wildman–Crippen LogP) is 3.83. The minimum absolute atomic E-state index is 0.885. The third-order valence-electron chi connectivity index (χ3n) is 4.37. The van der Waals surface area contributed by atoms with Crippen molar-refractivity contribution in [2.45, 2.75) is 39.2 Å². The smallest absolute Gasteiger partial charge is 0.185 e. The summed E-state index contributed by atoms with van der Waals surface area (Å²) in [7, 11) is 0. The van der Waals surface area contributed by atoms with E-state index in [2.05, 4.69) is 68.9 Å². The zero-order valence-electron chi connectivity index (χ0n) is 12.9. The molecule has 112 valence electrons. The molecule has 4 heteroatoms. The van der Waals surface area contributed by atoms with Gasteiger partial charge < -0.3 is 4.57 Å². The molecule has 0 unspecified atom stereocenters. The van der Waals surface area contributed by atoms with E-state index in [0.29, 0.717) is 0 Å². The van der Waals surface area contributed by atoms with Gasteiger partial charge in [0.25, 0.3) is 0 Å². The number of unbranched alkanes of at least 4 members (excludes halogenated alkanes) is 2. The van der Waals surface area contributed by atoms with Crippen molar-refractivity contribution >= 4 is 0 Å². The number of aryl methyl sites for hydroxylation is 1. The number of benzene rings is 1. The topological polar surface area (TPSA) is 35.6 Å². The van der Waals surface area contributed by atoms with Crippen LogP contribution in [0.4, 0.5) is 0 Å². The highest BCUT2D eigenvalue weighted by Crippen LogP contribution is 2.30. The molecular weight excluding hydrogens is 272 g/mol. The van der Waals surface area contributed by atoms with E-state index in [1.165, 1.54) is 24.1 Å². The molecule has 0 aliphatic carbocycles. The number of nitrogens with zero attached hydrogens (tertiary/aromatic N) is 4. The molecule has 2 aromatic heterocycles. The van der Waals surface area contributed by atoms with Crippen LogP contribution in [-0.4, -0.2) is 19.3 Å². The van der Waals surface area contributed by atoms with Crippen LogP contribution in [0.3, 0.4) is 0 Å². The van der Waals surface area contributed by atoms with Crippen LogP contribution in [0.5, 0.6) is 0 Å². The van der Waals surface area contributed by atoms with Crippen LogP contribution in [-0.2, 0) is 13.0 Å². The van der Waals surface area contributed by atoms with Gasteiger partial charge in [-0.3, -0.25) is 4.57 Å². The van der Waals surface area contributed by atoms with Crippen LogP contribution in [0, 0.1) is 0 Å². The van der Waals surface area contributed by atoms with Gasteiger partial charge in [-0.25, -0.2) is 0 Å². The lowest BCUT2D eigenvalue weighted by Gasteiger charge is -2.11. The summed E-state index contributed by atoms with van der Waals surface area (Å²) in [6, 6.07) is 12.8. The van der Waals surface area contributed by atoms with E-state index in [9.17, 15) is 0 Å². The predicted molar refractivity (Wildman–Crippen MR) is 87.1 cm³/mol. The summed E-state index contributed by atoms with van der Waals surface area (Å²) in [6.07, 6.45) is 6.72. The summed E-state index contributed by atoms with van der Waals surface area (Å²) in [4.78, 5) is 0. The van der Waals surface area contributed by atoms with E-state index in [-0.39, 0.29) is 0 Å². The van der Waals surface area contributed by atoms with Gasteiger partial charge in [-0.2, -0.15) is 0 Å². The summed E-state index contributed by atoms with van der Waals surface area (Å²) in [6.45, 7) is 3.11. The van der Waals surface area contributed by atoms with Crippen LogP contribution < -0.4 is 0 Å². The Morgan fingerprint density at radius 3 is 2.86 bits per heavy atom. The first-order valence-electron chi connectivity index (χ1n) is 8.06. The molecule has 3 aromatic rings. The molecule has 0 saturated carbocycles. The quantitative estimate of drug-likeness (QED) is 0.536. The van der Waals surface area contributed by atoms with E-state index in [0.717, 1.165) is 36.7 Å². The van der Waals surface area contributed by atoms with E-state index in [4.69, 9.17) is 0 Å². The van der Waals surface area contributed by atoms with Crippen LogP contribution >= 0.6 is 0 Å². The standard InChI is InChI=1S/C18H20N4/c1-2-3-4-11-17-19-20-18-16-10-7-12-21(16)13-14-8-5-6-9-15(14)22(17)18/h5-10,12H,2-4,11,13H2,1H3. The van der Waals surface area contributed by atoms with Crippen LogP contribution in [0.2, 0.25) is 0 Å². The van der Waals surface area contributed by atoms with Gasteiger partial charge in [0, 0.05) is 19.2 Å². The number of rotatable bonds is 4. The van der Waals surface area contributed by atoms with E-state index >= 15 is 0 Å². The van der Waals surface area contributed by atoms with Gasteiger partial charge in [-0.15, -0.1) is 10.2 Å². The average molecular weight is 292 g/mol. The molecule has 3 heterocycles. The molecule has 0 bridgehead atoms. The number of hydrogen-bond acceptors (Lipinski definition) is 2. The zero-order valence-corrected chi connectivity index (χ0v) is 12.9. The fraction of sp³-hybridized carbons (Fsp3) is 0.333. The Bertz CT molecular complexity index is 797. The van der Waals surface area contributed by atoms with Crippen LogP contribution in [0.15, 0.2) is 42.6 Å². The summed E-state index contributed by atoms with van der Waals surface area (Å²) in [5, 5.41) is 8.99. The fourth-order valence-corrected chi connectivity index (χ4v) is 3.23. The van der Waals surface area contributed by atoms with Crippen LogP contribution in [0.25, 0.3) is 17.2 Å². The van der Waals surface area contributed by atoms with Crippen molar-refractivity contribution in [2.75, 3.05) is 0 Å². The number of fused-ring (bicyclic) bond motifs is 5. The number of hydrogen-bond donors (Lipinski definition) is 0. The first-order chi connectivity index (χ1) is 10.9. The molecule has 0 amide bonds. The van der Waals surface area contributed by atoms with Crippen molar-refractivity contribution < 1.29 is 0 Å². The summed E-state index contributed by atoms with van der Waals surface area (Å²) < 4.78 is 4.51. The lowest BCUT2D eigenvalue weighted by molar-refractivity contribution is 0.684. The Balaban J connectivity index is 1.88. The van der Waals surface area contributed by atoms with E-state index < -0.39 is 0 Å². The van der Waals surface area contributed by atoms with Gasteiger partial charge >= 0.3 is 0 Å². The lowest BCUT2D eigenvalue weighted by Crippen LogP contribution is -2.04. The van der Waals surface area contributed by atoms with Crippen LogP contribution in [0.1, 0.15) is 37.6 Å². The second kappa shape index (κ2) is 5.44. The molecule has 0 radical (unpaired) electrons.